The van der Waals surface area contributed by atoms with Gasteiger partial charge in [0.05, 0.1) is 10.6 Å². The van der Waals surface area contributed by atoms with Crippen molar-refractivity contribution in [3.8, 4) is 0 Å². The van der Waals surface area contributed by atoms with E-state index in [1.807, 2.05) is 17.5 Å². The summed E-state index contributed by atoms with van der Waals surface area (Å²) in [5.41, 5.74) is 0.752. The van der Waals surface area contributed by atoms with Crippen molar-refractivity contribution < 1.29 is 9.59 Å². The number of carbonyl (C=O) groups is 2. The van der Waals surface area contributed by atoms with Crippen LogP contribution >= 0.6 is 22.7 Å². The number of thiazole rings is 1. The van der Waals surface area contributed by atoms with Crippen LogP contribution in [-0.4, -0.2) is 16.7 Å². The molecule has 0 spiro atoms. The van der Waals surface area contributed by atoms with Gasteiger partial charge >= 0.3 is 0 Å². The topological polar surface area (TPSA) is 59.1 Å². The average Bonchev–Trinajstić information content (AvgIpc) is 3.04. The van der Waals surface area contributed by atoms with E-state index < -0.39 is 0 Å². The van der Waals surface area contributed by atoms with E-state index in [9.17, 15) is 9.59 Å². The third-order valence-electron chi connectivity index (χ3n) is 3.41. The third kappa shape index (κ3) is 3.34. The van der Waals surface area contributed by atoms with Crippen molar-refractivity contribution >= 4 is 45.6 Å². The maximum Gasteiger partial charge on any atom is 0.250 e. The van der Waals surface area contributed by atoms with Gasteiger partial charge in [-0.25, -0.2) is 4.98 Å². The first-order chi connectivity index (χ1) is 10.4. The number of Topliss-reactive ketones (excluding diaryl/α,β-unsaturated/α-hetero) is 1. The molecule has 1 aliphatic carbocycles. The molecule has 0 saturated heterocycles. The second-order valence-corrected chi connectivity index (χ2v) is 8.05. The Kier molecular flexibility index (Phi) is 3.97. The van der Waals surface area contributed by atoms with Gasteiger partial charge < -0.3 is 0 Å². The van der Waals surface area contributed by atoms with E-state index in [2.05, 4.69) is 24.1 Å². The number of hydrogen-bond donors (Lipinski definition) is 1. The highest BCUT2D eigenvalue weighted by molar-refractivity contribution is 7.17. The Morgan fingerprint density at radius 1 is 1.41 bits per heavy atom. The summed E-state index contributed by atoms with van der Waals surface area (Å²) in [4.78, 5) is 30.2. The first kappa shape index (κ1) is 15.1. The number of thiophene rings is 1. The highest BCUT2D eigenvalue weighted by atomic mass is 32.1. The first-order valence-corrected chi connectivity index (χ1v) is 8.68. The third-order valence-corrected chi connectivity index (χ3v) is 5.30. The van der Waals surface area contributed by atoms with Gasteiger partial charge in [-0.1, -0.05) is 31.3 Å². The van der Waals surface area contributed by atoms with Crippen molar-refractivity contribution in [3.63, 3.8) is 0 Å². The summed E-state index contributed by atoms with van der Waals surface area (Å²) in [5, 5.41) is 5.20. The molecule has 114 valence electrons. The number of fused-ring (bicyclic) bond motifs is 1. The highest BCUT2D eigenvalue weighted by Gasteiger charge is 2.33. The zero-order valence-corrected chi connectivity index (χ0v) is 14.0. The Morgan fingerprint density at radius 3 is 2.95 bits per heavy atom. The van der Waals surface area contributed by atoms with Crippen LogP contribution in [0.1, 0.15) is 40.5 Å². The Balaban J connectivity index is 1.72. The molecule has 6 heteroatoms. The SMILES string of the molecule is CC1(C)CC(=O)c2sc(NC(=O)/C=C/c3cccs3)nc2C1. The number of hydrogen-bond acceptors (Lipinski definition) is 5. The number of nitrogens with one attached hydrogen (secondary N) is 1. The number of carbonyl (C=O) groups excluding carboxylic acids is 2. The lowest BCUT2D eigenvalue weighted by Crippen LogP contribution is -2.26. The van der Waals surface area contributed by atoms with Crippen molar-refractivity contribution in [1.29, 1.82) is 0 Å². The van der Waals surface area contributed by atoms with E-state index in [4.69, 9.17) is 0 Å². The van der Waals surface area contributed by atoms with E-state index >= 15 is 0 Å². The quantitative estimate of drug-likeness (QED) is 0.864. The minimum absolute atomic E-state index is 0.0570. The predicted molar refractivity (Wildman–Crippen MR) is 90.5 cm³/mol. The molecule has 3 rings (SSSR count). The molecular formula is C16H16N2O2S2. The van der Waals surface area contributed by atoms with Crippen LogP contribution in [-0.2, 0) is 11.2 Å². The molecule has 2 aromatic rings. The maximum atomic E-state index is 12.1. The van der Waals surface area contributed by atoms with Gasteiger partial charge in [0.15, 0.2) is 10.9 Å². The van der Waals surface area contributed by atoms with Crippen LogP contribution in [0.4, 0.5) is 5.13 Å². The van der Waals surface area contributed by atoms with Crippen LogP contribution in [0.3, 0.4) is 0 Å². The van der Waals surface area contributed by atoms with Crippen molar-refractivity contribution in [2.45, 2.75) is 26.7 Å². The van der Waals surface area contributed by atoms with Crippen molar-refractivity contribution in [1.82, 2.24) is 4.98 Å². The fourth-order valence-corrected chi connectivity index (χ4v) is 4.01. The molecule has 0 radical (unpaired) electrons. The molecule has 0 bridgehead atoms. The van der Waals surface area contributed by atoms with Gasteiger partial charge in [0, 0.05) is 17.4 Å². The summed E-state index contributed by atoms with van der Waals surface area (Å²) < 4.78 is 0. The molecule has 2 heterocycles. The Labute approximate surface area is 136 Å². The molecule has 0 unspecified atom stereocenters. The zero-order valence-electron chi connectivity index (χ0n) is 12.4. The monoisotopic (exact) mass is 332 g/mol. The van der Waals surface area contributed by atoms with Crippen LogP contribution in [0, 0.1) is 5.41 Å². The molecule has 0 aromatic carbocycles. The van der Waals surface area contributed by atoms with Crippen LogP contribution in [0.2, 0.25) is 0 Å². The molecule has 0 saturated carbocycles. The molecule has 0 atom stereocenters. The molecule has 1 amide bonds. The summed E-state index contributed by atoms with van der Waals surface area (Å²) >= 11 is 2.84. The van der Waals surface area contributed by atoms with Crippen molar-refractivity contribution in [3.05, 3.63) is 39.0 Å². The van der Waals surface area contributed by atoms with Crippen LogP contribution in [0.5, 0.6) is 0 Å². The highest BCUT2D eigenvalue weighted by Crippen LogP contribution is 2.38. The average molecular weight is 332 g/mol. The number of anilines is 1. The van der Waals surface area contributed by atoms with Gasteiger partial charge in [-0.15, -0.1) is 11.3 Å². The van der Waals surface area contributed by atoms with Gasteiger partial charge in [-0.2, -0.15) is 0 Å². The Bertz CT molecular complexity index is 742. The van der Waals surface area contributed by atoms with Gasteiger partial charge in [0.25, 0.3) is 0 Å². The van der Waals surface area contributed by atoms with Gasteiger partial charge in [-0.3, -0.25) is 14.9 Å². The Hall–Kier alpha value is -1.79. The fourth-order valence-electron chi connectivity index (χ4n) is 2.46. The minimum Gasteiger partial charge on any atom is -0.298 e. The fraction of sp³-hybridized carbons (Fsp3) is 0.312. The van der Waals surface area contributed by atoms with Crippen LogP contribution < -0.4 is 5.32 Å². The first-order valence-electron chi connectivity index (χ1n) is 6.98. The molecular weight excluding hydrogens is 316 g/mol. The van der Waals surface area contributed by atoms with Crippen molar-refractivity contribution in [2.24, 2.45) is 5.41 Å². The van der Waals surface area contributed by atoms with Gasteiger partial charge in [-0.05, 0) is 29.4 Å². The molecule has 1 aliphatic rings. The van der Waals surface area contributed by atoms with Crippen molar-refractivity contribution in [2.75, 3.05) is 5.32 Å². The standard InChI is InChI=1S/C16H16N2O2S2/c1-16(2)8-11-14(12(19)9-16)22-15(17-11)18-13(20)6-5-10-4-3-7-21-10/h3-7H,8-9H2,1-2H3,(H,17,18,20)/b6-5+. The number of aromatic nitrogens is 1. The normalized spacial score (nSPS) is 16.7. The smallest absolute Gasteiger partial charge is 0.250 e. The molecule has 0 aliphatic heterocycles. The lowest BCUT2D eigenvalue weighted by Gasteiger charge is -2.26. The lowest BCUT2D eigenvalue weighted by molar-refractivity contribution is -0.111. The maximum absolute atomic E-state index is 12.1. The molecule has 0 fully saturated rings. The number of rotatable bonds is 3. The summed E-state index contributed by atoms with van der Waals surface area (Å²) in [7, 11) is 0. The van der Waals surface area contributed by atoms with E-state index in [1.54, 1.807) is 17.4 Å². The lowest BCUT2D eigenvalue weighted by atomic mass is 9.78. The molecule has 4 nitrogen and oxygen atoms in total. The zero-order chi connectivity index (χ0) is 15.7. The van der Waals surface area contributed by atoms with Gasteiger partial charge in [0.2, 0.25) is 5.91 Å². The second kappa shape index (κ2) is 5.78. The summed E-state index contributed by atoms with van der Waals surface area (Å²) in [5.74, 6) is -0.107. The van der Waals surface area contributed by atoms with Crippen LogP contribution in [0.15, 0.2) is 23.6 Å². The molecule has 1 N–H and O–H groups in total. The van der Waals surface area contributed by atoms with E-state index in [0.717, 1.165) is 17.0 Å². The Morgan fingerprint density at radius 2 is 2.23 bits per heavy atom. The summed E-state index contributed by atoms with van der Waals surface area (Å²) in [6, 6.07) is 3.88. The number of nitrogens with zero attached hydrogens (tertiary/aromatic N) is 1. The summed E-state index contributed by atoms with van der Waals surface area (Å²) in [6.07, 6.45) is 4.55. The van der Waals surface area contributed by atoms with Gasteiger partial charge in [0.1, 0.15) is 0 Å². The van der Waals surface area contributed by atoms with E-state index in [1.165, 1.54) is 17.4 Å². The largest absolute Gasteiger partial charge is 0.298 e. The summed E-state index contributed by atoms with van der Waals surface area (Å²) in [6.45, 7) is 4.13. The van der Waals surface area contributed by atoms with E-state index in [0.29, 0.717) is 16.4 Å². The minimum atomic E-state index is -0.230. The van der Waals surface area contributed by atoms with E-state index in [-0.39, 0.29) is 17.1 Å². The number of ketones is 1. The molecule has 22 heavy (non-hydrogen) atoms. The van der Waals surface area contributed by atoms with Crippen LogP contribution in [0.25, 0.3) is 6.08 Å². The second-order valence-electron chi connectivity index (χ2n) is 6.07. The predicted octanol–water partition coefficient (Wildman–Crippen LogP) is 4.01. The molecule has 2 aromatic heterocycles. The number of amides is 1.